The number of benzene rings is 1. The zero-order valence-electron chi connectivity index (χ0n) is 12.4. The second kappa shape index (κ2) is 6.62. The lowest BCUT2D eigenvalue weighted by Gasteiger charge is -2.12. The molecule has 1 atom stereocenters. The van der Waals surface area contributed by atoms with Crippen LogP contribution in [0.3, 0.4) is 0 Å². The molecular formula is C16H18N2O4. The first kappa shape index (κ1) is 14.6. The lowest BCUT2D eigenvalue weighted by molar-refractivity contribution is 0.0680. The number of nitrogens with one attached hydrogen (secondary N) is 1. The van der Waals surface area contributed by atoms with E-state index in [2.05, 4.69) is 10.5 Å². The highest BCUT2D eigenvalue weighted by Gasteiger charge is 2.16. The van der Waals surface area contributed by atoms with Crippen LogP contribution in [-0.2, 0) is 4.74 Å². The number of ether oxygens (including phenoxy) is 2. The maximum Gasteiger partial charge on any atom is 0.277 e. The van der Waals surface area contributed by atoms with Crippen LogP contribution in [0.25, 0.3) is 0 Å². The molecule has 1 aliphatic rings. The number of nitrogens with zero attached hydrogens (tertiary/aromatic N) is 1. The van der Waals surface area contributed by atoms with Crippen molar-refractivity contribution in [2.24, 2.45) is 0 Å². The molecule has 1 aromatic heterocycles. The summed E-state index contributed by atoms with van der Waals surface area (Å²) in [4.78, 5) is 12.0. The number of aryl methyl sites for hydroxylation is 1. The van der Waals surface area contributed by atoms with E-state index in [0.29, 0.717) is 23.8 Å². The third kappa shape index (κ3) is 3.65. The van der Waals surface area contributed by atoms with Gasteiger partial charge in [0, 0.05) is 24.4 Å². The van der Waals surface area contributed by atoms with Gasteiger partial charge < -0.3 is 19.3 Å². The fourth-order valence-electron chi connectivity index (χ4n) is 2.30. The molecular weight excluding hydrogens is 284 g/mol. The van der Waals surface area contributed by atoms with Crippen molar-refractivity contribution in [2.45, 2.75) is 25.9 Å². The predicted molar refractivity (Wildman–Crippen MR) is 80.1 cm³/mol. The summed E-state index contributed by atoms with van der Waals surface area (Å²) >= 11 is 0. The molecule has 1 N–H and O–H groups in total. The molecule has 0 spiro atoms. The third-order valence-electron chi connectivity index (χ3n) is 3.41. The maximum atomic E-state index is 12.0. The molecule has 1 aliphatic heterocycles. The van der Waals surface area contributed by atoms with Gasteiger partial charge in [0.1, 0.15) is 18.1 Å². The van der Waals surface area contributed by atoms with Crippen LogP contribution in [0.15, 0.2) is 34.9 Å². The summed E-state index contributed by atoms with van der Waals surface area (Å²) < 4.78 is 16.1. The maximum absolute atomic E-state index is 12.0. The molecule has 1 unspecified atom stereocenters. The average molecular weight is 302 g/mol. The number of carbonyl (C=O) groups excluding carboxylic acids is 1. The molecule has 6 heteroatoms. The molecule has 1 aromatic carbocycles. The Bertz CT molecular complexity index is 647. The number of amides is 1. The van der Waals surface area contributed by atoms with E-state index in [9.17, 15) is 4.79 Å². The Kier molecular flexibility index (Phi) is 4.39. The van der Waals surface area contributed by atoms with Crippen molar-refractivity contribution in [3.63, 3.8) is 0 Å². The van der Waals surface area contributed by atoms with Crippen molar-refractivity contribution in [3.05, 3.63) is 41.8 Å². The third-order valence-corrected chi connectivity index (χ3v) is 3.41. The van der Waals surface area contributed by atoms with Gasteiger partial charge in [0.2, 0.25) is 0 Å². The van der Waals surface area contributed by atoms with Gasteiger partial charge in [0.05, 0.1) is 6.10 Å². The van der Waals surface area contributed by atoms with Crippen LogP contribution < -0.4 is 10.1 Å². The zero-order valence-corrected chi connectivity index (χ0v) is 12.4. The van der Waals surface area contributed by atoms with Crippen molar-refractivity contribution in [2.75, 3.05) is 18.5 Å². The summed E-state index contributed by atoms with van der Waals surface area (Å²) in [6.07, 6.45) is 2.28. The van der Waals surface area contributed by atoms with Crippen LogP contribution in [0, 0.1) is 6.92 Å². The normalized spacial score (nSPS) is 17.4. The standard InChI is InChI=1S/C16H18N2O4/c1-11-8-15(18-22-11)16(19)17-12-4-2-5-13(9-12)21-10-14-6-3-7-20-14/h2,4-5,8-9,14H,3,6-7,10H2,1H3,(H,17,19). The van der Waals surface area contributed by atoms with E-state index in [1.807, 2.05) is 12.1 Å². The van der Waals surface area contributed by atoms with Gasteiger partial charge in [-0.3, -0.25) is 4.79 Å². The van der Waals surface area contributed by atoms with Crippen LogP contribution >= 0.6 is 0 Å². The lowest BCUT2D eigenvalue weighted by Crippen LogP contribution is -2.16. The van der Waals surface area contributed by atoms with Crippen molar-refractivity contribution in [3.8, 4) is 5.75 Å². The zero-order chi connectivity index (χ0) is 15.4. The summed E-state index contributed by atoms with van der Waals surface area (Å²) in [5, 5.41) is 6.46. The Morgan fingerprint density at radius 2 is 2.36 bits per heavy atom. The topological polar surface area (TPSA) is 73.6 Å². The van der Waals surface area contributed by atoms with Crippen LogP contribution in [0.2, 0.25) is 0 Å². The van der Waals surface area contributed by atoms with Gasteiger partial charge in [-0.05, 0) is 31.9 Å². The summed E-state index contributed by atoms with van der Waals surface area (Å²) in [6.45, 7) is 3.07. The first-order valence-corrected chi connectivity index (χ1v) is 7.30. The van der Waals surface area contributed by atoms with E-state index < -0.39 is 0 Å². The second-order valence-electron chi connectivity index (χ2n) is 5.25. The quantitative estimate of drug-likeness (QED) is 0.919. The number of carbonyl (C=O) groups is 1. The minimum Gasteiger partial charge on any atom is -0.491 e. The molecule has 6 nitrogen and oxygen atoms in total. The summed E-state index contributed by atoms with van der Waals surface area (Å²) in [6, 6.07) is 8.84. The van der Waals surface area contributed by atoms with Crippen molar-refractivity contribution in [1.82, 2.24) is 5.16 Å². The Labute approximate surface area is 128 Å². The first-order chi connectivity index (χ1) is 10.7. The molecule has 2 heterocycles. The molecule has 0 aliphatic carbocycles. The molecule has 116 valence electrons. The SMILES string of the molecule is Cc1cc(C(=O)Nc2cccc(OCC3CCCO3)c2)no1. The Morgan fingerprint density at radius 1 is 1.45 bits per heavy atom. The van der Waals surface area contributed by atoms with Gasteiger partial charge in [-0.15, -0.1) is 0 Å². The largest absolute Gasteiger partial charge is 0.491 e. The Balaban J connectivity index is 1.59. The number of aromatic nitrogens is 1. The van der Waals surface area contributed by atoms with E-state index in [0.717, 1.165) is 19.4 Å². The van der Waals surface area contributed by atoms with Crippen LogP contribution in [0.4, 0.5) is 5.69 Å². The minimum atomic E-state index is -0.312. The highest BCUT2D eigenvalue weighted by atomic mass is 16.5. The Morgan fingerprint density at radius 3 is 3.09 bits per heavy atom. The van der Waals surface area contributed by atoms with Gasteiger partial charge in [0.25, 0.3) is 5.91 Å². The minimum absolute atomic E-state index is 0.163. The molecule has 0 bridgehead atoms. The van der Waals surface area contributed by atoms with Crippen molar-refractivity contribution < 1.29 is 18.8 Å². The lowest BCUT2D eigenvalue weighted by atomic mass is 10.2. The molecule has 1 fully saturated rings. The predicted octanol–water partition coefficient (Wildman–Crippen LogP) is 2.79. The van der Waals surface area contributed by atoms with Gasteiger partial charge >= 0.3 is 0 Å². The van der Waals surface area contributed by atoms with E-state index in [1.165, 1.54) is 0 Å². The van der Waals surface area contributed by atoms with Crippen molar-refractivity contribution >= 4 is 11.6 Å². The van der Waals surface area contributed by atoms with Gasteiger partial charge in [-0.2, -0.15) is 0 Å². The molecule has 0 saturated carbocycles. The number of hydrogen-bond acceptors (Lipinski definition) is 5. The summed E-state index contributed by atoms with van der Waals surface area (Å²) in [7, 11) is 0. The monoisotopic (exact) mass is 302 g/mol. The van der Waals surface area contributed by atoms with Crippen LogP contribution in [0.5, 0.6) is 5.75 Å². The molecule has 1 saturated heterocycles. The van der Waals surface area contributed by atoms with Crippen molar-refractivity contribution in [1.29, 1.82) is 0 Å². The first-order valence-electron chi connectivity index (χ1n) is 7.30. The van der Waals surface area contributed by atoms with Gasteiger partial charge in [-0.25, -0.2) is 0 Å². The highest BCUT2D eigenvalue weighted by Crippen LogP contribution is 2.20. The fourth-order valence-corrected chi connectivity index (χ4v) is 2.30. The Hall–Kier alpha value is -2.34. The smallest absolute Gasteiger partial charge is 0.277 e. The van der Waals surface area contributed by atoms with Gasteiger partial charge in [-0.1, -0.05) is 11.2 Å². The average Bonchev–Trinajstić information content (AvgIpc) is 3.17. The molecule has 0 radical (unpaired) electrons. The van der Waals surface area contributed by atoms with Gasteiger partial charge in [0.15, 0.2) is 5.69 Å². The molecule has 22 heavy (non-hydrogen) atoms. The number of anilines is 1. The summed E-state index contributed by atoms with van der Waals surface area (Å²) in [5.74, 6) is 0.983. The molecule has 1 amide bonds. The highest BCUT2D eigenvalue weighted by molar-refractivity contribution is 6.02. The van der Waals surface area contributed by atoms with E-state index in [1.54, 1.807) is 25.1 Å². The molecule has 3 rings (SSSR count). The second-order valence-corrected chi connectivity index (χ2v) is 5.25. The fraction of sp³-hybridized carbons (Fsp3) is 0.375. The number of hydrogen-bond donors (Lipinski definition) is 1. The van der Waals surface area contributed by atoms with E-state index in [-0.39, 0.29) is 17.7 Å². The van der Waals surface area contributed by atoms with Crippen LogP contribution in [-0.4, -0.2) is 30.4 Å². The van der Waals surface area contributed by atoms with E-state index >= 15 is 0 Å². The van der Waals surface area contributed by atoms with E-state index in [4.69, 9.17) is 14.0 Å². The summed E-state index contributed by atoms with van der Waals surface area (Å²) in [5.41, 5.74) is 0.902. The van der Waals surface area contributed by atoms with Crippen LogP contribution in [0.1, 0.15) is 29.1 Å². The molecule has 2 aromatic rings. The number of rotatable bonds is 5.